The molecule has 0 spiro atoms. The molecular weight excluding hydrogens is 232 g/mol. The van der Waals surface area contributed by atoms with Crippen molar-refractivity contribution in [2.45, 2.75) is 0 Å². The maximum absolute atomic E-state index is 8.41. The molecule has 1 heterocycles. The van der Waals surface area contributed by atoms with Crippen molar-refractivity contribution < 1.29 is 22.5 Å². The monoisotopic (exact) mass is 238 g/mol. The number of hydrogen-bond donors (Lipinski definition) is 0. The minimum absolute atomic E-state index is 0. The molecule has 0 amide bonds. The molecule has 0 aromatic carbocycles. The number of aromatic nitrogens is 1. The number of pyridine rings is 1. The van der Waals surface area contributed by atoms with E-state index in [9.17, 15) is 0 Å². The van der Waals surface area contributed by atoms with Gasteiger partial charge in [0.05, 0.1) is 0 Å². The van der Waals surface area contributed by atoms with Gasteiger partial charge >= 0.3 is 22.5 Å². The molecule has 0 N–H and O–H groups in total. The Morgan fingerprint density at radius 3 is 1.36 bits per heavy atom. The first kappa shape index (κ1) is 17.1. The van der Waals surface area contributed by atoms with E-state index in [2.05, 4.69) is 4.98 Å². The van der Waals surface area contributed by atoms with Crippen molar-refractivity contribution in [2.75, 3.05) is 0 Å². The van der Waals surface area contributed by atoms with E-state index in [0.717, 1.165) is 0 Å². The van der Waals surface area contributed by atoms with Crippen LogP contribution in [0.1, 0.15) is 0 Å². The molecule has 11 heavy (non-hydrogen) atoms. The van der Waals surface area contributed by atoms with Crippen LogP contribution in [0.3, 0.4) is 0 Å². The molecule has 0 fully saturated rings. The van der Waals surface area contributed by atoms with E-state index in [4.69, 9.17) is 7.67 Å². The molecule has 0 aliphatic carbocycles. The molecule has 0 bridgehead atoms. The Hall–Kier alpha value is -0.151. The van der Waals surface area contributed by atoms with Gasteiger partial charge < -0.3 is 0 Å². The molecular formula is C5H7Cl2MnNO2. The summed E-state index contributed by atoms with van der Waals surface area (Å²) in [5.74, 6) is 0. The van der Waals surface area contributed by atoms with Crippen LogP contribution < -0.4 is 0 Å². The van der Waals surface area contributed by atoms with Crippen LogP contribution in [-0.4, -0.2) is 4.98 Å². The summed E-state index contributed by atoms with van der Waals surface area (Å²) in [6, 6.07) is 5.72. The minimum atomic E-state index is -1.44. The Morgan fingerprint density at radius 2 is 1.27 bits per heavy atom. The van der Waals surface area contributed by atoms with Gasteiger partial charge in [0.25, 0.3) is 0 Å². The molecule has 3 nitrogen and oxygen atoms in total. The van der Waals surface area contributed by atoms with Crippen molar-refractivity contribution in [1.82, 2.24) is 4.98 Å². The smallest absolute Gasteiger partial charge is 0.0267 e. The summed E-state index contributed by atoms with van der Waals surface area (Å²) in [6.45, 7) is 0. The quantitative estimate of drug-likeness (QED) is 0.647. The summed E-state index contributed by atoms with van der Waals surface area (Å²) in [6.07, 6.45) is 3.50. The third-order valence-corrected chi connectivity index (χ3v) is 0.566. The molecule has 0 atom stereocenters. The van der Waals surface area contributed by atoms with Crippen molar-refractivity contribution in [3.05, 3.63) is 30.6 Å². The predicted octanol–water partition coefficient (Wildman–Crippen LogP) is 1.69. The summed E-state index contributed by atoms with van der Waals surface area (Å²) < 4.78 is 16.8. The SMILES string of the molecule is Cl.Cl.[O]=[Mn]=[O].c1ccncc1. The number of halogens is 2. The fourth-order valence-corrected chi connectivity index (χ4v) is 0.313. The Kier molecular flexibility index (Phi) is 25.5. The normalized spacial score (nSPS) is 5.45. The molecule has 0 saturated heterocycles. The zero-order valence-electron chi connectivity index (χ0n) is 5.34. The third-order valence-electron chi connectivity index (χ3n) is 0.566. The van der Waals surface area contributed by atoms with Crippen molar-refractivity contribution in [2.24, 2.45) is 0 Å². The van der Waals surface area contributed by atoms with Crippen molar-refractivity contribution in [3.63, 3.8) is 0 Å². The number of hydrogen-bond acceptors (Lipinski definition) is 3. The molecule has 0 unspecified atom stereocenters. The summed E-state index contributed by atoms with van der Waals surface area (Å²) in [4.78, 5) is 3.78. The predicted molar refractivity (Wildman–Crippen MR) is 40.1 cm³/mol. The van der Waals surface area contributed by atoms with Crippen LogP contribution in [0.4, 0.5) is 0 Å². The average Bonchev–Trinajstić information content (AvgIpc) is 1.93. The largest absolute Gasteiger partial charge is 0.265 e. The van der Waals surface area contributed by atoms with Gasteiger partial charge in [-0.1, -0.05) is 6.07 Å². The molecule has 6 heteroatoms. The molecule has 0 saturated carbocycles. The molecule has 0 aliphatic heterocycles. The van der Waals surface area contributed by atoms with Crippen LogP contribution in [0, 0.1) is 0 Å². The summed E-state index contributed by atoms with van der Waals surface area (Å²) in [7, 11) is 0. The van der Waals surface area contributed by atoms with Gasteiger partial charge in [-0.05, 0) is 12.1 Å². The average molecular weight is 239 g/mol. The summed E-state index contributed by atoms with van der Waals surface area (Å²) in [5.41, 5.74) is 0. The maximum Gasteiger partial charge on any atom is 0.0267 e. The van der Waals surface area contributed by atoms with Gasteiger partial charge in [-0.2, -0.15) is 0 Å². The zero-order valence-corrected chi connectivity index (χ0v) is 8.16. The van der Waals surface area contributed by atoms with Crippen molar-refractivity contribution >= 4 is 24.8 Å². The first-order valence-electron chi connectivity index (χ1n) is 2.16. The molecule has 1 aromatic rings. The zero-order chi connectivity index (χ0) is 6.95. The van der Waals surface area contributed by atoms with Gasteiger partial charge in [0.15, 0.2) is 0 Å². The third kappa shape index (κ3) is 17.7. The molecule has 1 aromatic heterocycles. The van der Waals surface area contributed by atoms with Gasteiger partial charge in [-0.25, -0.2) is 0 Å². The van der Waals surface area contributed by atoms with Crippen LogP contribution in [0.5, 0.6) is 0 Å². The molecule has 0 radical (unpaired) electrons. The first-order valence-corrected chi connectivity index (χ1v) is 3.12. The minimum Gasteiger partial charge on any atom is -0.265 e. The van der Waals surface area contributed by atoms with Gasteiger partial charge in [-0.3, -0.25) is 4.98 Å². The van der Waals surface area contributed by atoms with Crippen LogP contribution in [0.2, 0.25) is 0 Å². The van der Waals surface area contributed by atoms with Crippen molar-refractivity contribution in [1.29, 1.82) is 0 Å². The molecule has 65 valence electrons. The second-order valence-electron chi connectivity index (χ2n) is 1.09. The van der Waals surface area contributed by atoms with E-state index >= 15 is 0 Å². The van der Waals surface area contributed by atoms with Gasteiger partial charge in [0.1, 0.15) is 0 Å². The van der Waals surface area contributed by atoms with Crippen LogP contribution in [0.25, 0.3) is 0 Å². The second-order valence-corrected chi connectivity index (χ2v) is 1.28. The topological polar surface area (TPSA) is 47.0 Å². The Morgan fingerprint density at radius 1 is 0.909 bits per heavy atom. The van der Waals surface area contributed by atoms with E-state index in [1.54, 1.807) is 12.4 Å². The van der Waals surface area contributed by atoms with Gasteiger partial charge in [-0.15, -0.1) is 24.8 Å². The first-order chi connectivity index (χ1) is 4.41. The fraction of sp³-hybridized carbons (Fsp3) is 0. The fourth-order valence-electron chi connectivity index (χ4n) is 0.313. The van der Waals surface area contributed by atoms with Crippen LogP contribution in [0.15, 0.2) is 30.6 Å². The van der Waals surface area contributed by atoms with E-state index in [-0.39, 0.29) is 24.8 Å². The Bertz CT molecular complexity index is 152. The standard InChI is InChI=1S/C5H5N.2ClH.Mn.2O/c1-2-4-6-5-3-1;;;;;/h1-5H;2*1H;;;. The summed E-state index contributed by atoms with van der Waals surface area (Å²) in [5, 5.41) is 0. The van der Waals surface area contributed by atoms with E-state index in [1.807, 2.05) is 18.2 Å². The van der Waals surface area contributed by atoms with Gasteiger partial charge in [0.2, 0.25) is 0 Å². The van der Waals surface area contributed by atoms with E-state index < -0.39 is 14.8 Å². The molecule has 1 rings (SSSR count). The van der Waals surface area contributed by atoms with Crippen LogP contribution >= 0.6 is 24.8 Å². The van der Waals surface area contributed by atoms with Gasteiger partial charge in [0, 0.05) is 12.4 Å². The maximum atomic E-state index is 8.41. The number of nitrogens with zero attached hydrogens (tertiary/aromatic N) is 1. The van der Waals surface area contributed by atoms with Crippen molar-refractivity contribution in [3.8, 4) is 0 Å². The molecule has 0 aliphatic rings. The summed E-state index contributed by atoms with van der Waals surface area (Å²) >= 11 is -1.44. The Labute approximate surface area is 83.0 Å². The van der Waals surface area contributed by atoms with E-state index in [0.29, 0.717) is 0 Å². The second kappa shape index (κ2) is 16.4. The van der Waals surface area contributed by atoms with E-state index in [1.165, 1.54) is 0 Å². The Balaban J connectivity index is -0.000000116. The van der Waals surface area contributed by atoms with Crippen LogP contribution in [-0.2, 0) is 22.5 Å². The number of rotatable bonds is 0.